The SMILES string of the molecule is Cc1nc(-c2nc(-c3ccc(OC(F)F)cc3)no2)nn1Cc1cc[nH+]c(N2CC[NH+](C)CC2)c1. The van der Waals surface area contributed by atoms with E-state index in [4.69, 9.17) is 4.52 Å². The molecular formula is C23H26F2N8O2+2. The fourth-order valence-electron chi connectivity index (χ4n) is 3.96. The van der Waals surface area contributed by atoms with E-state index in [2.05, 4.69) is 48.0 Å². The molecule has 0 aliphatic carbocycles. The summed E-state index contributed by atoms with van der Waals surface area (Å²) in [6.07, 6.45) is 1.95. The van der Waals surface area contributed by atoms with Gasteiger partial charge in [0.05, 0.1) is 19.8 Å². The van der Waals surface area contributed by atoms with Crippen LogP contribution in [0.15, 0.2) is 47.1 Å². The average molecular weight is 485 g/mol. The molecule has 12 heteroatoms. The van der Waals surface area contributed by atoms with Crippen molar-refractivity contribution in [3.8, 4) is 28.9 Å². The number of alkyl halides is 2. The molecule has 1 saturated heterocycles. The van der Waals surface area contributed by atoms with Crippen LogP contribution in [0.4, 0.5) is 14.6 Å². The molecule has 0 radical (unpaired) electrons. The number of nitrogens with one attached hydrogen (secondary N) is 2. The van der Waals surface area contributed by atoms with E-state index < -0.39 is 6.61 Å². The smallest absolute Gasteiger partial charge is 0.387 e. The first-order valence-electron chi connectivity index (χ1n) is 11.3. The molecule has 4 heterocycles. The molecule has 0 saturated carbocycles. The van der Waals surface area contributed by atoms with Gasteiger partial charge >= 0.3 is 6.61 Å². The number of quaternary nitrogens is 1. The maximum absolute atomic E-state index is 12.3. The molecule has 3 aromatic heterocycles. The number of aromatic nitrogens is 6. The summed E-state index contributed by atoms with van der Waals surface area (Å²) in [6, 6.07) is 10.2. The lowest BCUT2D eigenvalue weighted by atomic mass is 10.2. The van der Waals surface area contributed by atoms with Gasteiger partial charge in [-0.15, -0.1) is 5.10 Å². The summed E-state index contributed by atoms with van der Waals surface area (Å²) in [6.45, 7) is 3.79. The largest absolute Gasteiger partial charge is 0.435 e. The van der Waals surface area contributed by atoms with Gasteiger partial charge in [0.1, 0.15) is 37.8 Å². The topological polar surface area (TPSA) is 101 Å². The van der Waals surface area contributed by atoms with Gasteiger partial charge in [0.2, 0.25) is 11.6 Å². The van der Waals surface area contributed by atoms with Crippen molar-refractivity contribution in [1.29, 1.82) is 0 Å². The number of hydrogen-bond donors (Lipinski definition) is 1. The Morgan fingerprint density at radius 3 is 2.63 bits per heavy atom. The fourth-order valence-corrected chi connectivity index (χ4v) is 3.96. The average Bonchev–Trinajstić information content (AvgIpc) is 3.47. The Hall–Kier alpha value is -3.93. The van der Waals surface area contributed by atoms with Crippen molar-refractivity contribution in [3.05, 3.63) is 54.0 Å². The maximum atomic E-state index is 12.3. The molecule has 1 aromatic carbocycles. The van der Waals surface area contributed by atoms with Crippen molar-refractivity contribution in [2.45, 2.75) is 20.1 Å². The van der Waals surface area contributed by atoms with E-state index in [1.807, 2.05) is 19.2 Å². The summed E-state index contributed by atoms with van der Waals surface area (Å²) in [5.74, 6) is 2.67. The zero-order chi connectivity index (χ0) is 24.4. The Balaban J connectivity index is 1.30. The molecule has 10 nitrogen and oxygen atoms in total. The normalized spacial score (nSPS) is 14.6. The standard InChI is InChI=1S/C23H24F2N8O2/c1-15-27-21(22-28-20(30-35-22)17-3-5-18(6-4-17)34-23(24)25)29-33(15)14-16-7-8-26-19(13-16)32-11-9-31(2)10-12-32/h3-8,13,23H,9-12,14H2,1-2H3/p+2. The minimum Gasteiger partial charge on any atom is -0.435 e. The number of ether oxygens (including phenoxy) is 1. The van der Waals surface area contributed by atoms with Gasteiger partial charge in [0.15, 0.2) is 0 Å². The van der Waals surface area contributed by atoms with Crippen molar-refractivity contribution in [2.24, 2.45) is 0 Å². The summed E-state index contributed by atoms with van der Waals surface area (Å²) in [5, 5.41) is 8.53. The molecule has 2 N–H and O–H groups in total. The van der Waals surface area contributed by atoms with Crippen LogP contribution in [-0.4, -0.2) is 64.7 Å². The lowest BCUT2D eigenvalue weighted by Gasteiger charge is -2.25. The number of aromatic amines is 1. The number of hydrogen-bond acceptors (Lipinski definition) is 7. The second-order valence-corrected chi connectivity index (χ2v) is 8.49. The van der Waals surface area contributed by atoms with Crippen LogP contribution in [0.1, 0.15) is 11.4 Å². The number of nitrogens with zero attached hydrogens (tertiary/aromatic N) is 6. The van der Waals surface area contributed by atoms with Crippen LogP contribution in [0.2, 0.25) is 0 Å². The van der Waals surface area contributed by atoms with Gasteiger partial charge in [-0.3, -0.25) is 4.90 Å². The van der Waals surface area contributed by atoms with E-state index in [1.165, 1.54) is 12.1 Å². The maximum Gasteiger partial charge on any atom is 0.387 e. The van der Waals surface area contributed by atoms with Gasteiger partial charge in [-0.1, -0.05) is 5.16 Å². The molecule has 1 fully saturated rings. The molecule has 4 aromatic rings. The Labute approximate surface area is 200 Å². The molecule has 35 heavy (non-hydrogen) atoms. The van der Waals surface area contributed by atoms with Crippen molar-refractivity contribution in [3.63, 3.8) is 0 Å². The van der Waals surface area contributed by atoms with Crippen LogP contribution in [0.3, 0.4) is 0 Å². The third-order valence-corrected chi connectivity index (χ3v) is 5.95. The second kappa shape index (κ2) is 9.74. The van der Waals surface area contributed by atoms with Gasteiger partial charge in [0, 0.05) is 11.6 Å². The van der Waals surface area contributed by atoms with Crippen molar-refractivity contribution < 1.29 is 27.9 Å². The highest BCUT2D eigenvalue weighted by Crippen LogP contribution is 2.23. The fraction of sp³-hybridized carbons (Fsp3) is 0.348. The van der Waals surface area contributed by atoms with E-state index in [9.17, 15) is 8.78 Å². The van der Waals surface area contributed by atoms with Crippen molar-refractivity contribution in [2.75, 3.05) is 38.1 Å². The van der Waals surface area contributed by atoms with E-state index in [1.54, 1.807) is 21.7 Å². The first kappa shape index (κ1) is 22.8. The minimum absolute atomic E-state index is 0.0545. The van der Waals surface area contributed by atoms with Crippen molar-refractivity contribution >= 4 is 5.82 Å². The summed E-state index contributed by atoms with van der Waals surface area (Å²) in [7, 11) is 2.22. The number of halogens is 2. The Morgan fingerprint density at radius 1 is 1.11 bits per heavy atom. The highest BCUT2D eigenvalue weighted by molar-refractivity contribution is 5.57. The number of likely N-dealkylation sites (N-methyl/N-ethyl adjacent to an activating group) is 1. The summed E-state index contributed by atoms with van der Waals surface area (Å²) in [5.41, 5.74) is 1.69. The van der Waals surface area contributed by atoms with Gasteiger partial charge in [-0.25, -0.2) is 14.6 Å². The van der Waals surface area contributed by atoms with E-state index in [0.717, 1.165) is 37.6 Å². The van der Waals surface area contributed by atoms with Crippen molar-refractivity contribution in [1.82, 2.24) is 24.9 Å². The molecule has 0 amide bonds. The zero-order valence-electron chi connectivity index (χ0n) is 19.4. The number of rotatable bonds is 7. The van der Waals surface area contributed by atoms with Crippen LogP contribution in [0, 0.1) is 6.92 Å². The van der Waals surface area contributed by atoms with E-state index >= 15 is 0 Å². The molecular weight excluding hydrogens is 458 g/mol. The number of piperazine rings is 1. The van der Waals surface area contributed by atoms with Gasteiger partial charge in [0.25, 0.3) is 11.7 Å². The molecule has 1 aliphatic heterocycles. The first-order valence-corrected chi connectivity index (χ1v) is 11.3. The van der Waals surface area contributed by atoms with Crippen LogP contribution in [0.5, 0.6) is 5.75 Å². The minimum atomic E-state index is -2.88. The monoisotopic (exact) mass is 484 g/mol. The molecule has 5 rings (SSSR count). The predicted molar refractivity (Wildman–Crippen MR) is 121 cm³/mol. The third-order valence-electron chi connectivity index (χ3n) is 5.95. The van der Waals surface area contributed by atoms with E-state index in [0.29, 0.717) is 29.6 Å². The second-order valence-electron chi connectivity index (χ2n) is 8.49. The van der Waals surface area contributed by atoms with Crippen LogP contribution in [-0.2, 0) is 6.54 Å². The third kappa shape index (κ3) is 5.27. The van der Waals surface area contributed by atoms with Crippen LogP contribution < -0.4 is 19.5 Å². The quantitative estimate of drug-likeness (QED) is 0.419. The molecule has 0 bridgehead atoms. The zero-order valence-corrected chi connectivity index (χ0v) is 19.4. The van der Waals surface area contributed by atoms with E-state index in [-0.39, 0.29) is 11.6 Å². The number of pyridine rings is 1. The van der Waals surface area contributed by atoms with Gasteiger partial charge in [-0.2, -0.15) is 13.8 Å². The molecule has 1 aliphatic rings. The molecule has 0 spiro atoms. The number of aryl methyl sites for hydroxylation is 1. The number of anilines is 1. The molecule has 0 unspecified atom stereocenters. The Kier molecular flexibility index (Phi) is 6.36. The lowest BCUT2D eigenvalue weighted by Crippen LogP contribution is -3.12. The Bertz CT molecular complexity index is 1280. The number of H-pyrrole nitrogens is 1. The highest BCUT2D eigenvalue weighted by Gasteiger charge is 2.24. The van der Waals surface area contributed by atoms with Gasteiger partial charge < -0.3 is 14.2 Å². The summed E-state index contributed by atoms with van der Waals surface area (Å²) in [4.78, 5) is 16.1. The molecule has 182 valence electrons. The molecule has 0 atom stereocenters. The lowest BCUT2D eigenvalue weighted by molar-refractivity contribution is -0.880. The first-order chi connectivity index (χ1) is 16.9. The summed E-state index contributed by atoms with van der Waals surface area (Å²) < 4.78 is 36.2. The number of benzene rings is 1. The van der Waals surface area contributed by atoms with Crippen LogP contribution >= 0.6 is 0 Å². The highest BCUT2D eigenvalue weighted by atomic mass is 19.3. The van der Waals surface area contributed by atoms with Crippen LogP contribution in [0.25, 0.3) is 23.1 Å². The summed E-state index contributed by atoms with van der Waals surface area (Å²) >= 11 is 0. The Morgan fingerprint density at radius 2 is 1.89 bits per heavy atom. The van der Waals surface area contributed by atoms with Gasteiger partial charge in [-0.05, 0) is 42.8 Å². The predicted octanol–water partition coefficient (Wildman–Crippen LogP) is 1.10.